The topological polar surface area (TPSA) is 24.4 Å². The predicted octanol–water partition coefficient (Wildman–Crippen LogP) is 12.9. The molecule has 242 valence electrons. The summed E-state index contributed by atoms with van der Waals surface area (Å²) in [4.78, 5) is 5.14. The summed E-state index contributed by atoms with van der Waals surface area (Å²) in [7, 11) is 0. The van der Waals surface area contributed by atoms with E-state index in [0.717, 1.165) is 27.1 Å². The van der Waals surface area contributed by atoms with Crippen molar-refractivity contribution in [1.29, 1.82) is 0 Å². The largest absolute Gasteiger partial charge is 0.359 e. The molecular formula is C48H33BrN2. The smallest absolute Gasteiger partial charge is 0.134 e. The summed E-state index contributed by atoms with van der Waals surface area (Å²) in [5.74, 6) is 0.874. The highest BCUT2D eigenvalue weighted by molar-refractivity contribution is 9.10. The van der Waals surface area contributed by atoms with E-state index in [9.17, 15) is 0 Å². The van der Waals surface area contributed by atoms with Gasteiger partial charge >= 0.3 is 0 Å². The third-order valence-electron chi connectivity index (χ3n) is 9.80. The molecule has 0 saturated heterocycles. The van der Waals surface area contributed by atoms with Crippen molar-refractivity contribution in [3.63, 3.8) is 0 Å². The minimum absolute atomic E-state index is 0.0184. The second-order valence-corrected chi connectivity index (χ2v) is 13.9. The number of hydrogen-bond donors (Lipinski definition) is 1. The molecule has 1 heterocycles. The van der Waals surface area contributed by atoms with Crippen LogP contribution in [0.15, 0.2) is 198 Å². The Bertz CT molecular complexity index is 2590. The Kier molecular flexibility index (Phi) is 8.11. The van der Waals surface area contributed by atoms with E-state index in [2.05, 4.69) is 203 Å². The normalized spacial score (nSPS) is 14.2. The Morgan fingerprint density at radius 3 is 1.65 bits per heavy atom. The van der Waals surface area contributed by atoms with Gasteiger partial charge in [0.15, 0.2) is 0 Å². The first kappa shape index (κ1) is 31.0. The first-order valence-corrected chi connectivity index (χ1v) is 18.1. The Hall–Kier alpha value is -6.03. The summed E-state index contributed by atoms with van der Waals surface area (Å²) in [6.07, 6.45) is 2.24. The van der Waals surface area contributed by atoms with Crippen molar-refractivity contribution in [2.45, 2.75) is 6.04 Å². The van der Waals surface area contributed by atoms with Crippen molar-refractivity contribution in [2.24, 2.45) is 4.99 Å². The van der Waals surface area contributed by atoms with Crippen LogP contribution in [0.3, 0.4) is 0 Å². The molecule has 0 aromatic heterocycles. The van der Waals surface area contributed by atoms with E-state index < -0.39 is 0 Å². The van der Waals surface area contributed by atoms with Crippen LogP contribution in [-0.2, 0) is 0 Å². The van der Waals surface area contributed by atoms with Gasteiger partial charge in [-0.3, -0.25) is 0 Å². The van der Waals surface area contributed by atoms with Crippen LogP contribution >= 0.6 is 15.9 Å². The third-order valence-corrected chi connectivity index (χ3v) is 10.3. The molecule has 1 unspecified atom stereocenters. The molecular weight excluding hydrogens is 684 g/mol. The summed E-state index contributed by atoms with van der Waals surface area (Å²) in [5, 5.41) is 8.66. The summed E-state index contributed by atoms with van der Waals surface area (Å²) in [6, 6.07) is 65.0. The monoisotopic (exact) mass is 716 g/mol. The fourth-order valence-electron chi connectivity index (χ4n) is 7.16. The quantitative estimate of drug-likeness (QED) is 0.182. The minimum atomic E-state index is -0.0184. The Balaban J connectivity index is 1.04. The van der Waals surface area contributed by atoms with Crippen molar-refractivity contribution in [1.82, 2.24) is 5.32 Å². The van der Waals surface area contributed by atoms with Gasteiger partial charge in [0.1, 0.15) is 5.84 Å². The van der Waals surface area contributed by atoms with E-state index in [0.29, 0.717) is 0 Å². The van der Waals surface area contributed by atoms with Crippen LogP contribution in [0.2, 0.25) is 0 Å². The number of amidine groups is 1. The van der Waals surface area contributed by atoms with Crippen molar-refractivity contribution in [2.75, 3.05) is 0 Å². The molecule has 0 amide bonds. The lowest BCUT2D eigenvalue weighted by molar-refractivity contribution is 0.781. The molecule has 0 bridgehead atoms. The van der Waals surface area contributed by atoms with E-state index in [4.69, 9.17) is 4.99 Å². The van der Waals surface area contributed by atoms with Gasteiger partial charge in [0.25, 0.3) is 0 Å². The number of nitrogens with zero attached hydrogens (tertiary/aromatic N) is 1. The van der Waals surface area contributed by atoms with Crippen molar-refractivity contribution in [3.8, 4) is 33.4 Å². The maximum absolute atomic E-state index is 5.14. The van der Waals surface area contributed by atoms with Gasteiger partial charge in [0.2, 0.25) is 0 Å². The first-order chi connectivity index (χ1) is 25.2. The Labute approximate surface area is 306 Å². The average Bonchev–Trinajstić information content (AvgIpc) is 3.20. The SMILES string of the molecule is Brc1ccc2c(-c3cccc4cc(-c5ccc(C6=CC(c7ccc(-c8ccccc8)cc7)NC(c7ccccc7)=N6)cc5)ccc34)cccc2c1. The van der Waals surface area contributed by atoms with E-state index in [1.807, 2.05) is 6.07 Å². The van der Waals surface area contributed by atoms with Gasteiger partial charge in [-0.05, 0) is 90.3 Å². The lowest BCUT2D eigenvalue weighted by Crippen LogP contribution is -2.31. The molecule has 9 rings (SSSR count). The molecule has 1 aliphatic heterocycles. The maximum Gasteiger partial charge on any atom is 0.134 e. The number of halogens is 1. The zero-order chi connectivity index (χ0) is 34.1. The molecule has 1 N–H and O–H groups in total. The highest BCUT2D eigenvalue weighted by Crippen LogP contribution is 2.37. The van der Waals surface area contributed by atoms with E-state index in [1.54, 1.807) is 0 Å². The van der Waals surface area contributed by atoms with Crippen LogP contribution in [0, 0.1) is 0 Å². The number of hydrogen-bond acceptors (Lipinski definition) is 2. The lowest BCUT2D eigenvalue weighted by atomic mass is 9.92. The van der Waals surface area contributed by atoms with Crippen molar-refractivity contribution >= 4 is 49.0 Å². The molecule has 0 fully saturated rings. The molecule has 0 saturated carbocycles. The number of aliphatic imine (C=N–C) groups is 1. The number of fused-ring (bicyclic) bond motifs is 2. The van der Waals surface area contributed by atoms with Crippen molar-refractivity contribution in [3.05, 3.63) is 209 Å². The molecule has 2 nitrogen and oxygen atoms in total. The van der Waals surface area contributed by atoms with Gasteiger partial charge < -0.3 is 5.32 Å². The minimum Gasteiger partial charge on any atom is -0.359 e. The van der Waals surface area contributed by atoms with Gasteiger partial charge in [-0.15, -0.1) is 0 Å². The molecule has 1 atom stereocenters. The first-order valence-electron chi connectivity index (χ1n) is 17.3. The summed E-state index contributed by atoms with van der Waals surface area (Å²) in [5.41, 5.74) is 11.6. The number of nitrogens with one attached hydrogen (secondary N) is 1. The zero-order valence-electron chi connectivity index (χ0n) is 27.8. The van der Waals surface area contributed by atoms with Crippen LogP contribution in [0.25, 0.3) is 60.6 Å². The Morgan fingerprint density at radius 2 is 0.961 bits per heavy atom. The summed E-state index contributed by atoms with van der Waals surface area (Å²) >= 11 is 3.63. The standard InChI is InChI=1S/C48H33BrN2/c49-41-26-28-43-40(30-41)14-8-16-45(43)44-15-7-13-39-29-38(25-27-42(39)44)34-19-23-36(24-20-34)47-31-46(50-48(51-47)37-11-5-2-6-12-37)35-21-17-33(18-22-35)32-9-3-1-4-10-32/h1-31,46H,(H,50,51). The highest BCUT2D eigenvalue weighted by atomic mass is 79.9. The second-order valence-electron chi connectivity index (χ2n) is 13.0. The van der Waals surface area contributed by atoms with E-state index in [-0.39, 0.29) is 6.04 Å². The molecule has 8 aromatic rings. The fraction of sp³-hybridized carbons (Fsp3) is 0.0208. The van der Waals surface area contributed by atoms with Crippen LogP contribution in [0.4, 0.5) is 0 Å². The van der Waals surface area contributed by atoms with Crippen LogP contribution in [0.1, 0.15) is 22.7 Å². The number of rotatable bonds is 6. The summed E-state index contributed by atoms with van der Waals surface area (Å²) < 4.78 is 1.09. The van der Waals surface area contributed by atoms with Gasteiger partial charge in [-0.2, -0.15) is 0 Å². The summed E-state index contributed by atoms with van der Waals surface area (Å²) in [6.45, 7) is 0. The van der Waals surface area contributed by atoms with Gasteiger partial charge in [0, 0.05) is 10.0 Å². The molecule has 51 heavy (non-hydrogen) atoms. The predicted molar refractivity (Wildman–Crippen MR) is 219 cm³/mol. The third kappa shape index (κ3) is 6.18. The van der Waals surface area contributed by atoms with E-state index >= 15 is 0 Å². The molecule has 0 aliphatic carbocycles. The van der Waals surface area contributed by atoms with Gasteiger partial charge in [-0.1, -0.05) is 180 Å². The van der Waals surface area contributed by atoms with Crippen LogP contribution < -0.4 is 5.32 Å². The molecule has 3 heteroatoms. The maximum atomic E-state index is 5.14. The van der Waals surface area contributed by atoms with Crippen LogP contribution in [-0.4, -0.2) is 5.84 Å². The fourth-order valence-corrected chi connectivity index (χ4v) is 7.53. The molecule has 1 aliphatic rings. The van der Waals surface area contributed by atoms with Crippen molar-refractivity contribution < 1.29 is 0 Å². The molecule has 0 radical (unpaired) electrons. The highest BCUT2D eigenvalue weighted by Gasteiger charge is 2.20. The second kappa shape index (κ2) is 13.4. The molecule has 0 spiro atoms. The molecule has 8 aromatic carbocycles. The Morgan fingerprint density at radius 1 is 0.431 bits per heavy atom. The van der Waals surface area contributed by atoms with E-state index in [1.165, 1.54) is 60.5 Å². The zero-order valence-corrected chi connectivity index (χ0v) is 29.4. The number of benzene rings is 8. The average molecular weight is 718 g/mol. The van der Waals surface area contributed by atoms with Crippen LogP contribution in [0.5, 0.6) is 0 Å². The van der Waals surface area contributed by atoms with Gasteiger partial charge in [-0.25, -0.2) is 4.99 Å². The van der Waals surface area contributed by atoms with Gasteiger partial charge in [0.05, 0.1) is 11.7 Å². The lowest BCUT2D eigenvalue weighted by Gasteiger charge is -2.24.